The average Bonchev–Trinajstić information content (AvgIpc) is 2.39. The number of benzene rings is 1. The van der Waals surface area contributed by atoms with E-state index in [4.69, 9.17) is 27.9 Å². The fourth-order valence-corrected chi connectivity index (χ4v) is 2.50. The molecule has 0 saturated carbocycles. The molecule has 0 aliphatic rings. The number of hydrogen-bond acceptors (Lipinski definition) is 3. The van der Waals surface area contributed by atoms with Crippen LogP contribution in [-0.4, -0.2) is 17.1 Å². The van der Waals surface area contributed by atoms with E-state index in [0.29, 0.717) is 32.5 Å². The maximum Gasteiger partial charge on any atom is 0.265 e. The van der Waals surface area contributed by atoms with Gasteiger partial charge in [0.25, 0.3) is 5.56 Å². The van der Waals surface area contributed by atoms with Gasteiger partial charge in [0.2, 0.25) is 0 Å². The molecule has 2 aromatic rings. The summed E-state index contributed by atoms with van der Waals surface area (Å²) >= 11 is 15.2. The molecule has 0 radical (unpaired) electrons. The number of hydrogen-bond donors (Lipinski definition) is 1. The third kappa shape index (κ3) is 3.61. The second kappa shape index (κ2) is 6.72. The van der Waals surface area contributed by atoms with E-state index in [9.17, 15) is 4.79 Å². The lowest BCUT2D eigenvalue weighted by molar-refractivity contribution is 0.180. The SMILES string of the molecule is COCc1nc(Cc2ccc(Cl)cc2Cl)[nH]c(=O)c1Br. The predicted molar refractivity (Wildman–Crippen MR) is 82.5 cm³/mol. The average molecular weight is 378 g/mol. The van der Waals surface area contributed by atoms with Crippen LogP contribution in [0.5, 0.6) is 0 Å². The summed E-state index contributed by atoms with van der Waals surface area (Å²) in [5.74, 6) is 0.523. The summed E-state index contributed by atoms with van der Waals surface area (Å²) in [5.41, 5.74) is 1.15. The number of nitrogens with zero attached hydrogens (tertiary/aromatic N) is 1. The number of halogens is 3. The summed E-state index contributed by atoms with van der Waals surface area (Å²) in [6.07, 6.45) is 0.412. The smallest absolute Gasteiger partial charge is 0.265 e. The van der Waals surface area contributed by atoms with Crippen molar-refractivity contribution in [3.63, 3.8) is 0 Å². The Bertz CT molecular complexity index is 689. The third-order valence-electron chi connectivity index (χ3n) is 2.63. The van der Waals surface area contributed by atoms with Crippen molar-refractivity contribution < 1.29 is 4.74 Å². The Balaban J connectivity index is 2.36. The first-order valence-corrected chi connectivity index (χ1v) is 7.26. The van der Waals surface area contributed by atoms with Gasteiger partial charge in [0.05, 0.1) is 12.3 Å². The van der Waals surface area contributed by atoms with Gasteiger partial charge in [-0.05, 0) is 33.6 Å². The molecule has 106 valence electrons. The van der Waals surface area contributed by atoms with Crippen LogP contribution in [0.3, 0.4) is 0 Å². The first-order valence-electron chi connectivity index (χ1n) is 5.71. The number of aromatic amines is 1. The largest absolute Gasteiger partial charge is 0.378 e. The minimum absolute atomic E-state index is 0.243. The van der Waals surface area contributed by atoms with E-state index < -0.39 is 0 Å². The lowest BCUT2D eigenvalue weighted by Crippen LogP contribution is -2.16. The van der Waals surface area contributed by atoms with E-state index in [-0.39, 0.29) is 12.2 Å². The Morgan fingerprint density at radius 3 is 2.80 bits per heavy atom. The second-order valence-electron chi connectivity index (χ2n) is 4.12. The Morgan fingerprint density at radius 2 is 2.15 bits per heavy atom. The number of methoxy groups -OCH3 is 1. The van der Waals surface area contributed by atoms with Crippen LogP contribution in [0.15, 0.2) is 27.5 Å². The van der Waals surface area contributed by atoms with Gasteiger partial charge in [0, 0.05) is 23.6 Å². The molecule has 7 heteroatoms. The van der Waals surface area contributed by atoms with Crippen LogP contribution >= 0.6 is 39.1 Å². The van der Waals surface area contributed by atoms with Crippen LogP contribution in [0.25, 0.3) is 0 Å². The molecule has 1 heterocycles. The summed E-state index contributed by atoms with van der Waals surface area (Å²) in [6.45, 7) is 0.256. The van der Waals surface area contributed by atoms with Gasteiger partial charge in [-0.1, -0.05) is 29.3 Å². The molecule has 0 bridgehead atoms. The van der Waals surface area contributed by atoms with Gasteiger partial charge >= 0.3 is 0 Å². The highest BCUT2D eigenvalue weighted by molar-refractivity contribution is 9.10. The van der Waals surface area contributed by atoms with Crippen molar-refractivity contribution in [2.45, 2.75) is 13.0 Å². The van der Waals surface area contributed by atoms with Crippen LogP contribution in [0.4, 0.5) is 0 Å². The molecule has 0 amide bonds. The maximum atomic E-state index is 11.8. The molecule has 0 atom stereocenters. The van der Waals surface area contributed by atoms with Gasteiger partial charge in [0.1, 0.15) is 10.3 Å². The molecule has 0 spiro atoms. The van der Waals surface area contributed by atoms with E-state index in [1.165, 1.54) is 0 Å². The third-order valence-corrected chi connectivity index (χ3v) is 4.04. The van der Waals surface area contributed by atoms with Gasteiger partial charge < -0.3 is 9.72 Å². The summed E-state index contributed by atoms with van der Waals surface area (Å²) < 4.78 is 5.40. The molecular formula is C13H11BrCl2N2O2. The Morgan fingerprint density at radius 1 is 1.40 bits per heavy atom. The molecule has 20 heavy (non-hydrogen) atoms. The van der Waals surface area contributed by atoms with Gasteiger partial charge in [-0.15, -0.1) is 0 Å². The summed E-state index contributed by atoms with van der Waals surface area (Å²) in [4.78, 5) is 18.9. The Labute approximate surface area is 134 Å². The first kappa shape index (κ1) is 15.5. The standard InChI is InChI=1S/C13H11BrCl2N2O2/c1-20-6-10-12(14)13(19)18-11(17-10)4-7-2-3-8(15)5-9(7)16/h2-3,5H,4,6H2,1H3,(H,17,18,19). The Hall–Kier alpha value is -0.880. The van der Waals surface area contributed by atoms with Crippen LogP contribution in [0.2, 0.25) is 10.0 Å². The fraction of sp³-hybridized carbons (Fsp3) is 0.231. The lowest BCUT2D eigenvalue weighted by atomic mass is 10.1. The summed E-state index contributed by atoms with van der Waals surface area (Å²) in [7, 11) is 1.55. The molecule has 0 aliphatic carbocycles. The fourth-order valence-electron chi connectivity index (χ4n) is 1.72. The molecule has 1 N–H and O–H groups in total. The monoisotopic (exact) mass is 376 g/mol. The zero-order valence-electron chi connectivity index (χ0n) is 10.5. The highest BCUT2D eigenvalue weighted by Crippen LogP contribution is 2.22. The predicted octanol–water partition coefficient (Wildman–Crippen LogP) is 3.58. The van der Waals surface area contributed by atoms with Crippen molar-refractivity contribution in [1.29, 1.82) is 0 Å². The minimum Gasteiger partial charge on any atom is -0.378 e. The van der Waals surface area contributed by atoms with Gasteiger partial charge in [-0.3, -0.25) is 4.79 Å². The van der Waals surface area contributed by atoms with Crippen LogP contribution in [-0.2, 0) is 17.8 Å². The number of aromatic nitrogens is 2. The zero-order chi connectivity index (χ0) is 14.7. The number of ether oxygens (including phenoxy) is 1. The highest BCUT2D eigenvalue weighted by Gasteiger charge is 2.10. The minimum atomic E-state index is -0.243. The summed E-state index contributed by atoms with van der Waals surface area (Å²) in [6, 6.07) is 5.21. The van der Waals surface area contributed by atoms with E-state index in [0.717, 1.165) is 5.56 Å². The normalized spacial score (nSPS) is 10.8. The second-order valence-corrected chi connectivity index (χ2v) is 5.76. The molecular weight excluding hydrogens is 367 g/mol. The molecule has 2 rings (SSSR count). The van der Waals surface area contributed by atoms with E-state index in [2.05, 4.69) is 25.9 Å². The molecule has 0 unspecified atom stereocenters. The maximum absolute atomic E-state index is 11.8. The van der Waals surface area contributed by atoms with Gasteiger partial charge in [-0.2, -0.15) is 0 Å². The van der Waals surface area contributed by atoms with Crippen molar-refractivity contribution >= 4 is 39.1 Å². The molecule has 0 saturated heterocycles. The number of rotatable bonds is 4. The number of H-pyrrole nitrogens is 1. The van der Waals surface area contributed by atoms with Crippen molar-refractivity contribution in [3.05, 3.63) is 60.2 Å². The molecule has 0 aliphatic heterocycles. The van der Waals surface area contributed by atoms with Crippen molar-refractivity contribution in [1.82, 2.24) is 9.97 Å². The lowest BCUT2D eigenvalue weighted by Gasteiger charge is -2.07. The summed E-state index contributed by atoms with van der Waals surface area (Å²) in [5, 5.41) is 1.10. The van der Waals surface area contributed by atoms with Gasteiger partial charge in [-0.25, -0.2) is 4.98 Å². The van der Waals surface area contributed by atoms with Crippen molar-refractivity contribution in [2.24, 2.45) is 0 Å². The highest BCUT2D eigenvalue weighted by atomic mass is 79.9. The topological polar surface area (TPSA) is 55.0 Å². The Kier molecular flexibility index (Phi) is 5.21. The van der Waals surface area contributed by atoms with E-state index >= 15 is 0 Å². The van der Waals surface area contributed by atoms with Crippen LogP contribution in [0, 0.1) is 0 Å². The quantitative estimate of drug-likeness (QED) is 0.885. The van der Waals surface area contributed by atoms with Crippen LogP contribution in [0.1, 0.15) is 17.1 Å². The van der Waals surface area contributed by atoms with E-state index in [1.54, 1.807) is 19.2 Å². The molecule has 0 fully saturated rings. The van der Waals surface area contributed by atoms with Crippen LogP contribution < -0.4 is 5.56 Å². The zero-order valence-corrected chi connectivity index (χ0v) is 13.6. The molecule has 1 aromatic carbocycles. The molecule has 4 nitrogen and oxygen atoms in total. The van der Waals surface area contributed by atoms with Gasteiger partial charge in [0.15, 0.2) is 0 Å². The van der Waals surface area contributed by atoms with Crippen molar-refractivity contribution in [2.75, 3.05) is 7.11 Å². The number of nitrogens with one attached hydrogen (secondary N) is 1. The van der Waals surface area contributed by atoms with Crippen molar-refractivity contribution in [3.8, 4) is 0 Å². The first-order chi connectivity index (χ1) is 9.51. The molecule has 1 aromatic heterocycles. The van der Waals surface area contributed by atoms with E-state index in [1.807, 2.05) is 6.07 Å².